The average Bonchev–Trinajstić information content (AvgIpc) is 2.34. The highest BCUT2D eigenvalue weighted by Crippen LogP contribution is 2.21. The molecule has 0 saturated heterocycles. The second kappa shape index (κ2) is 7.29. The van der Waals surface area contributed by atoms with Gasteiger partial charge in [0.15, 0.2) is 0 Å². The Balaban J connectivity index is 2.73. The Morgan fingerprint density at radius 2 is 1.63 bits per heavy atom. The summed E-state index contributed by atoms with van der Waals surface area (Å²) in [4.78, 5) is 13.8. The van der Waals surface area contributed by atoms with Crippen LogP contribution in [-0.2, 0) is 4.79 Å². The number of carbonyl (C=O) groups is 1. The van der Waals surface area contributed by atoms with Crippen LogP contribution in [0.5, 0.6) is 0 Å². The Morgan fingerprint density at radius 3 is 2.05 bits per heavy atom. The molecule has 1 aromatic carbocycles. The summed E-state index contributed by atoms with van der Waals surface area (Å²) < 4.78 is 0. The van der Waals surface area contributed by atoms with E-state index in [1.165, 1.54) is 0 Å². The van der Waals surface area contributed by atoms with E-state index in [1.807, 2.05) is 30.3 Å². The van der Waals surface area contributed by atoms with Crippen molar-refractivity contribution >= 4 is 5.97 Å². The molecular formula is C16H25NO2. The van der Waals surface area contributed by atoms with E-state index in [9.17, 15) is 9.90 Å². The molecule has 0 amide bonds. The molecule has 0 saturated carbocycles. The van der Waals surface area contributed by atoms with Crippen molar-refractivity contribution in [2.24, 2.45) is 0 Å². The van der Waals surface area contributed by atoms with Crippen LogP contribution in [0.3, 0.4) is 0 Å². The lowest BCUT2D eigenvalue weighted by Crippen LogP contribution is -2.38. The zero-order valence-corrected chi connectivity index (χ0v) is 12.3. The molecule has 0 aromatic heterocycles. The van der Waals surface area contributed by atoms with Gasteiger partial charge in [-0.2, -0.15) is 0 Å². The molecule has 0 fully saturated rings. The van der Waals surface area contributed by atoms with E-state index in [2.05, 4.69) is 32.6 Å². The second-order valence-electron chi connectivity index (χ2n) is 5.52. The number of hydrogen-bond donors (Lipinski definition) is 1. The van der Waals surface area contributed by atoms with Crippen molar-refractivity contribution in [1.82, 2.24) is 4.90 Å². The molecule has 0 radical (unpaired) electrons. The molecule has 0 aliphatic carbocycles. The maximum absolute atomic E-state index is 11.4. The van der Waals surface area contributed by atoms with Crippen molar-refractivity contribution in [2.75, 3.05) is 6.54 Å². The van der Waals surface area contributed by atoms with Crippen LogP contribution in [0.25, 0.3) is 0 Å². The minimum atomic E-state index is -0.737. The maximum atomic E-state index is 11.4. The lowest BCUT2D eigenvalue weighted by atomic mass is 9.95. The molecule has 0 bridgehead atoms. The number of nitrogens with zero attached hydrogens (tertiary/aromatic N) is 1. The summed E-state index contributed by atoms with van der Waals surface area (Å²) in [6.45, 7) is 9.41. The monoisotopic (exact) mass is 263 g/mol. The molecule has 0 aliphatic rings. The lowest BCUT2D eigenvalue weighted by molar-refractivity contribution is -0.139. The Morgan fingerprint density at radius 1 is 1.11 bits per heavy atom. The van der Waals surface area contributed by atoms with Crippen LogP contribution in [0.15, 0.2) is 30.3 Å². The van der Waals surface area contributed by atoms with Gasteiger partial charge < -0.3 is 5.11 Å². The Labute approximate surface area is 116 Å². The van der Waals surface area contributed by atoms with Crippen LogP contribution in [0.4, 0.5) is 0 Å². The summed E-state index contributed by atoms with van der Waals surface area (Å²) in [5.74, 6) is -1.15. The van der Waals surface area contributed by atoms with Gasteiger partial charge in [-0.1, -0.05) is 30.3 Å². The summed E-state index contributed by atoms with van der Waals surface area (Å²) in [6, 6.07) is 10.4. The first-order valence-electron chi connectivity index (χ1n) is 6.97. The van der Waals surface area contributed by atoms with E-state index >= 15 is 0 Å². The molecule has 0 heterocycles. The van der Waals surface area contributed by atoms with E-state index in [-0.39, 0.29) is 0 Å². The van der Waals surface area contributed by atoms with Gasteiger partial charge in [-0.3, -0.25) is 9.69 Å². The van der Waals surface area contributed by atoms with Gasteiger partial charge in [0.25, 0.3) is 0 Å². The van der Waals surface area contributed by atoms with Crippen LogP contribution in [0.1, 0.15) is 45.6 Å². The third kappa shape index (κ3) is 4.67. The third-order valence-corrected chi connectivity index (χ3v) is 3.50. The summed E-state index contributed by atoms with van der Waals surface area (Å²) >= 11 is 0. The van der Waals surface area contributed by atoms with Gasteiger partial charge in [-0.05, 0) is 46.2 Å². The zero-order chi connectivity index (χ0) is 14.4. The normalized spacial score (nSPS) is 13.2. The highest BCUT2D eigenvalue weighted by Gasteiger charge is 2.22. The Bertz CT molecular complexity index is 379. The molecule has 106 valence electrons. The third-order valence-electron chi connectivity index (χ3n) is 3.50. The van der Waals surface area contributed by atoms with Crippen LogP contribution in [0.2, 0.25) is 0 Å². The summed E-state index contributed by atoms with van der Waals surface area (Å²) in [6.07, 6.45) is 0.649. The van der Waals surface area contributed by atoms with E-state index < -0.39 is 11.9 Å². The van der Waals surface area contributed by atoms with Gasteiger partial charge in [-0.15, -0.1) is 0 Å². The van der Waals surface area contributed by atoms with Gasteiger partial charge in [0.05, 0.1) is 5.92 Å². The minimum absolute atomic E-state index is 0.416. The molecule has 0 aliphatic heterocycles. The molecule has 3 nitrogen and oxygen atoms in total. The number of aliphatic carboxylic acids is 1. The Hall–Kier alpha value is -1.35. The molecule has 1 N–H and O–H groups in total. The molecule has 0 spiro atoms. The summed E-state index contributed by atoms with van der Waals surface area (Å²) in [5.41, 5.74) is 0.891. The van der Waals surface area contributed by atoms with Gasteiger partial charge in [0.2, 0.25) is 0 Å². The van der Waals surface area contributed by atoms with Crippen molar-refractivity contribution in [1.29, 1.82) is 0 Å². The van der Waals surface area contributed by atoms with Gasteiger partial charge in [-0.25, -0.2) is 0 Å². The summed E-state index contributed by atoms with van der Waals surface area (Å²) in [7, 11) is 0. The quantitative estimate of drug-likeness (QED) is 0.820. The number of benzene rings is 1. The van der Waals surface area contributed by atoms with Crippen LogP contribution < -0.4 is 0 Å². The number of rotatable bonds is 7. The van der Waals surface area contributed by atoms with Gasteiger partial charge in [0.1, 0.15) is 0 Å². The molecular weight excluding hydrogens is 238 g/mol. The average molecular weight is 263 g/mol. The highest BCUT2D eigenvalue weighted by atomic mass is 16.4. The largest absolute Gasteiger partial charge is 0.481 e. The smallest absolute Gasteiger partial charge is 0.311 e. The zero-order valence-electron chi connectivity index (χ0n) is 12.3. The fraction of sp³-hybridized carbons (Fsp3) is 0.562. The molecule has 1 unspecified atom stereocenters. The SMILES string of the molecule is CC(C)N(CCC(C(=O)O)c1ccccc1)C(C)C. The molecule has 1 atom stereocenters. The van der Waals surface area contributed by atoms with E-state index in [4.69, 9.17) is 0 Å². The predicted molar refractivity (Wildman–Crippen MR) is 78.4 cm³/mol. The predicted octanol–water partition coefficient (Wildman–Crippen LogP) is 3.36. The lowest BCUT2D eigenvalue weighted by Gasteiger charge is -2.31. The van der Waals surface area contributed by atoms with Crippen molar-refractivity contribution in [3.05, 3.63) is 35.9 Å². The summed E-state index contributed by atoms with van der Waals surface area (Å²) in [5, 5.41) is 9.40. The topological polar surface area (TPSA) is 40.5 Å². The molecule has 19 heavy (non-hydrogen) atoms. The molecule has 1 aromatic rings. The van der Waals surface area contributed by atoms with Crippen LogP contribution in [0, 0.1) is 0 Å². The first-order valence-corrected chi connectivity index (χ1v) is 6.97. The van der Waals surface area contributed by atoms with E-state index in [1.54, 1.807) is 0 Å². The molecule has 3 heteroatoms. The van der Waals surface area contributed by atoms with Crippen molar-refractivity contribution in [3.63, 3.8) is 0 Å². The minimum Gasteiger partial charge on any atom is -0.481 e. The molecule has 1 rings (SSSR count). The van der Waals surface area contributed by atoms with Gasteiger partial charge in [0, 0.05) is 12.1 Å². The number of carboxylic acids is 1. The fourth-order valence-corrected chi connectivity index (χ4v) is 2.51. The first-order chi connectivity index (χ1) is 8.93. The van der Waals surface area contributed by atoms with Crippen LogP contribution in [-0.4, -0.2) is 34.6 Å². The fourth-order valence-electron chi connectivity index (χ4n) is 2.51. The van der Waals surface area contributed by atoms with Crippen LogP contribution >= 0.6 is 0 Å². The number of carboxylic acid groups (broad SMARTS) is 1. The first kappa shape index (κ1) is 15.7. The van der Waals surface area contributed by atoms with E-state index in [0.717, 1.165) is 12.1 Å². The standard InChI is InChI=1S/C16H25NO2/c1-12(2)17(13(3)4)11-10-15(16(18)19)14-8-6-5-7-9-14/h5-9,12-13,15H,10-11H2,1-4H3,(H,18,19). The number of hydrogen-bond acceptors (Lipinski definition) is 2. The van der Waals surface area contributed by atoms with Crippen molar-refractivity contribution < 1.29 is 9.90 Å². The van der Waals surface area contributed by atoms with Gasteiger partial charge >= 0.3 is 5.97 Å². The van der Waals surface area contributed by atoms with Crippen molar-refractivity contribution in [2.45, 2.75) is 52.1 Å². The highest BCUT2D eigenvalue weighted by molar-refractivity contribution is 5.76. The maximum Gasteiger partial charge on any atom is 0.311 e. The Kier molecular flexibility index (Phi) is 6.03. The van der Waals surface area contributed by atoms with E-state index in [0.29, 0.717) is 18.5 Å². The van der Waals surface area contributed by atoms with Crippen molar-refractivity contribution in [3.8, 4) is 0 Å². The second-order valence-corrected chi connectivity index (χ2v) is 5.52.